The maximum atomic E-state index is 5.83. The van der Waals surface area contributed by atoms with Crippen molar-refractivity contribution in [2.75, 3.05) is 7.11 Å². The van der Waals surface area contributed by atoms with E-state index in [9.17, 15) is 0 Å². The molecule has 2 atom stereocenters. The Labute approximate surface area is 96.2 Å². The van der Waals surface area contributed by atoms with Gasteiger partial charge in [0, 0.05) is 30.6 Å². The number of aryl methyl sites for hydroxylation is 1. The van der Waals surface area contributed by atoms with Crippen LogP contribution < -0.4 is 5.73 Å². The number of nitrogens with zero attached hydrogens (tertiary/aromatic N) is 2. The molecule has 0 amide bonds. The van der Waals surface area contributed by atoms with Crippen LogP contribution in [0.15, 0.2) is 6.20 Å². The third-order valence-corrected chi connectivity index (χ3v) is 3.09. The molecule has 0 aliphatic heterocycles. The maximum absolute atomic E-state index is 5.83. The summed E-state index contributed by atoms with van der Waals surface area (Å²) in [7, 11) is 1.72. The number of hydrogen-bond donors (Lipinski definition) is 1. The van der Waals surface area contributed by atoms with Gasteiger partial charge in [0.15, 0.2) is 5.82 Å². The number of nitrogens with two attached hydrogens (primary N) is 1. The van der Waals surface area contributed by atoms with Crippen molar-refractivity contribution in [3.63, 3.8) is 0 Å². The van der Waals surface area contributed by atoms with Gasteiger partial charge in [-0.3, -0.25) is 0 Å². The number of hydrogen-bond acceptors (Lipinski definition) is 4. The van der Waals surface area contributed by atoms with E-state index in [1.54, 1.807) is 7.11 Å². The summed E-state index contributed by atoms with van der Waals surface area (Å²) in [5.74, 6) is 1.40. The van der Waals surface area contributed by atoms with Crippen LogP contribution in [0.25, 0.3) is 0 Å². The van der Waals surface area contributed by atoms with Gasteiger partial charge in [0.1, 0.15) is 6.10 Å². The van der Waals surface area contributed by atoms with E-state index < -0.39 is 0 Å². The van der Waals surface area contributed by atoms with Crippen LogP contribution in [0.4, 0.5) is 0 Å². The molecule has 2 unspecified atom stereocenters. The van der Waals surface area contributed by atoms with E-state index >= 15 is 0 Å². The fraction of sp³-hybridized carbons (Fsp3) is 0.667. The van der Waals surface area contributed by atoms with E-state index in [1.165, 1.54) is 12.8 Å². The summed E-state index contributed by atoms with van der Waals surface area (Å²) in [5.41, 5.74) is 7.80. The van der Waals surface area contributed by atoms with E-state index in [1.807, 2.05) is 20.0 Å². The van der Waals surface area contributed by atoms with E-state index in [-0.39, 0.29) is 12.1 Å². The van der Waals surface area contributed by atoms with Crippen LogP contribution in [-0.4, -0.2) is 17.1 Å². The molecule has 0 radical (unpaired) electrons. The summed E-state index contributed by atoms with van der Waals surface area (Å²) in [6.07, 6.45) is 4.32. The van der Waals surface area contributed by atoms with Crippen molar-refractivity contribution >= 4 is 0 Å². The number of methoxy groups -OCH3 is 1. The second-order valence-corrected chi connectivity index (χ2v) is 4.55. The molecule has 1 fully saturated rings. The zero-order chi connectivity index (χ0) is 11.7. The normalized spacial score (nSPS) is 19.5. The average Bonchev–Trinajstić information content (AvgIpc) is 3.02. The smallest absolute Gasteiger partial charge is 0.157 e. The molecule has 88 valence electrons. The highest BCUT2D eigenvalue weighted by molar-refractivity contribution is 5.20. The first-order valence-corrected chi connectivity index (χ1v) is 5.75. The molecule has 4 heteroatoms. The summed E-state index contributed by atoms with van der Waals surface area (Å²) in [4.78, 5) is 8.89. The van der Waals surface area contributed by atoms with Crippen LogP contribution in [0, 0.1) is 12.8 Å². The van der Waals surface area contributed by atoms with Crippen molar-refractivity contribution in [3.8, 4) is 0 Å². The lowest BCUT2D eigenvalue weighted by Gasteiger charge is -2.15. The lowest BCUT2D eigenvalue weighted by Crippen LogP contribution is -2.14. The standard InChI is InChI=1S/C12H19N3O/c1-7(13)10-6-14-12(15-8(10)2)11(16-3)9-4-5-9/h6-7,9,11H,4-5,13H2,1-3H3. The van der Waals surface area contributed by atoms with E-state index in [4.69, 9.17) is 10.5 Å². The molecule has 1 heterocycles. The maximum Gasteiger partial charge on any atom is 0.157 e. The minimum Gasteiger partial charge on any atom is -0.373 e. The Morgan fingerprint density at radius 1 is 1.50 bits per heavy atom. The van der Waals surface area contributed by atoms with Gasteiger partial charge in [-0.2, -0.15) is 0 Å². The van der Waals surface area contributed by atoms with Gasteiger partial charge < -0.3 is 10.5 Å². The summed E-state index contributed by atoms with van der Waals surface area (Å²) >= 11 is 0. The molecular formula is C12H19N3O. The molecule has 1 saturated carbocycles. The van der Waals surface area contributed by atoms with Crippen molar-refractivity contribution in [3.05, 3.63) is 23.3 Å². The molecule has 1 aliphatic rings. The Morgan fingerprint density at radius 3 is 2.62 bits per heavy atom. The quantitative estimate of drug-likeness (QED) is 0.843. The summed E-state index contributed by atoms with van der Waals surface area (Å²) < 4.78 is 5.46. The van der Waals surface area contributed by atoms with E-state index in [0.29, 0.717) is 5.92 Å². The lowest BCUT2D eigenvalue weighted by atomic mass is 10.1. The molecule has 0 spiro atoms. The molecule has 0 aromatic carbocycles. The molecule has 16 heavy (non-hydrogen) atoms. The zero-order valence-corrected chi connectivity index (χ0v) is 10.1. The van der Waals surface area contributed by atoms with Gasteiger partial charge in [-0.1, -0.05) is 0 Å². The topological polar surface area (TPSA) is 61.0 Å². The second-order valence-electron chi connectivity index (χ2n) is 4.55. The predicted octanol–water partition coefficient (Wildman–Crippen LogP) is 1.90. The molecule has 1 aliphatic carbocycles. The van der Waals surface area contributed by atoms with Crippen LogP contribution in [0.2, 0.25) is 0 Å². The van der Waals surface area contributed by atoms with Gasteiger partial charge in [0.05, 0.1) is 0 Å². The van der Waals surface area contributed by atoms with Crippen LogP contribution in [0.5, 0.6) is 0 Å². The molecule has 2 rings (SSSR count). The van der Waals surface area contributed by atoms with Gasteiger partial charge in [0.2, 0.25) is 0 Å². The fourth-order valence-electron chi connectivity index (χ4n) is 1.99. The Morgan fingerprint density at radius 2 is 2.19 bits per heavy atom. The Bertz CT molecular complexity index is 375. The molecule has 0 saturated heterocycles. The monoisotopic (exact) mass is 221 g/mol. The summed E-state index contributed by atoms with van der Waals surface area (Å²) in [6, 6.07) is -0.0176. The minimum absolute atomic E-state index is 0.0176. The van der Waals surface area contributed by atoms with Gasteiger partial charge in [-0.05, 0) is 32.6 Å². The third-order valence-electron chi connectivity index (χ3n) is 3.09. The average molecular weight is 221 g/mol. The Kier molecular flexibility index (Phi) is 3.21. The second kappa shape index (κ2) is 4.47. The largest absolute Gasteiger partial charge is 0.373 e. The van der Waals surface area contributed by atoms with Crippen LogP contribution in [0.1, 0.15) is 49.0 Å². The first kappa shape index (κ1) is 11.5. The van der Waals surface area contributed by atoms with Crippen molar-refractivity contribution in [1.29, 1.82) is 0 Å². The molecule has 0 bridgehead atoms. The van der Waals surface area contributed by atoms with Crippen molar-refractivity contribution in [2.24, 2.45) is 11.7 Å². The highest BCUT2D eigenvalue weighted by Crippen LogP contribution is 2.41. The fourth-order valence-corrected chi connectivity index (χ4v) is 1.99. The van der Waals surface area contributed by atoms with Crippen LogP contribution >= 0.6 is 0 Å². The first-order chi connectivity index (χ1) is 7.63. The zero-order valence-electron chi connectivity index (χ0n) is 10.1. The summed E-state index contributed by atoms with van der Waals surface area (Å²) in [6.45, 7) is 3.92. The lowest BCUT2D eigenvalue weighted by molar-refractivity contribution is 0.0770. The van der Waals surface area contributed by atoms with Gasteiger partial charge in [0.25, 0.3) is 0 Å². The van der Waals surface area contributed by atoms with E-state index in [2.05, 4.69) is 9.97 Å². The van der Waals surface area contributed by atoms with E-state index in [0.717, 1.165) is 17.1 Å². The van der Waals surface area contributed by atoms with Gasteiger partial charge >= 0.3 is 0 Å². The minimum atomic E-state index is -0.0176. The van der Waals surface area contributed by atoms with Crippen molar-refractivity contribution in [2.45, 2.75) is 38.8 Å². The Balaban J connectivity index is 2.25. The highest BCUT2D eigenvalue weighted by Gasteiger charge is 2.34. The van der Waals surface area contributed by atoms with Crippen molar-refractivity contribution in [1.82, 2.24) is 9.97 Å². The molecular weight excluding hydrogens is 202 g/mol. The SMILES string of the molecule is COC(c1ncc(C(C)N)c(C)n1)C1CC1. The number of ether oxygens (including phenoxy) is 1. The predicted molar refractivity (Wildman–Crippen MR) is 61.8 cm³/mol. The highest BCUT2D eigenvalue weighted by atomic mass is 16.5. The Hall–Kier alpha value is -1.00. The first-order valence-electron chi connectivity index (χ1n) is 5.75. The molecule has 1 aromatic rings. The summed E-state index contributed by atoms with van der Waals surface area (Å²) in [5, 5.41) is 0. The molecule has 1 aromatic heterocycles. The molecule has 2 N–H and O–H groups in total. The van der Waals surface area contributed by atoms with Gasteiger partial charge in [-0.25, -0.2) is 9.97 Å². The van der Waals surface area contributed by atoms with Gasteiger partial charge in [-0.15, -0.1) is 0 Å². The number of aromatic nitrogens is 2. The third kappa shape index (κ3) is 2.23. The van der Waals surface area contributed by atoms with Crippen LogP contribution in [-0.2, 0) is 4.74 Å². The van der Waals surface area contributed by atoms with Crippen LogP contribution in [0.3, 0.4) is 0 Å². The molecule has 4 nitrogen and oxygen atoms in total. The number of rotatable bonds is 4. The van der Waals surface area contributed by atoms with Crippen molar-refractivity contribution < 1.29 is 4.74 Å².